The number of nitrogens with zero attached hydrogens (tertiary/aromatic N) is 4. The SMILES string of the molecule is CSC1CN(C(=O)c2ccn(C3CCCNC3)n2)CC1N(C)C.Cl. The number of likely N-dealkylation sites (N-methyl/N-ethyl adjacent to an activating group) is 1. The van der Waals surface area contributed by atoms with Crippen LogP contribution in [-0.2, 0) is 0 Å². The van der Waals surface area contributed by atoms with Gasteiger partial charge in [-0.05, 0) is 45.8 Å². The van der Waals surface area contributed by atoms with Crippen molar-refractivity contribution in [3.05, 3.63) is 18.0 Å². The second kappa shape index (κ2) is 8.56. The van der Waals surface area contributed by atoms with Crippen molar-refractivity contribution in [2.45, 2.75) is 30.2 Å². The first-order valence-corrected chi connectivity index (χ1v) is 9.63. The quantitative estimate of drug-likeness (QED) is 0.863. The Balaban J connectivity index is 0.00000208. The fraction of sp³-hybridized carbons (Fsp3) is 0.750. The van der Waals surface area contributed by atoms with Crippen LogP contribution < -0.4 is 5.32 Å². The minimum absolute atomic E-state index is 0. The molecule has 2 fully saturated rings. The summed E-state index contributed by atoms with van der Waals surface area (Å²) in [5, 5.41) is 8.43. The molecular formula is C16H28ClN5OS. The minimum atomic E-state index is 0. The molecule has 6 nitrogen and oxygen atoms in total. The average Bonchev–Trinajstić information content (AvgIpc) is 3.22. The molecule has 0 aromatic carbocycles. The van der Waals surface area contributed by atoms with E-state index in [4.69, 9.17) is 0 Å². The van der Waals surface area contributed by atoms with Gasteiger partial charge in [0.2, 0.25) is 0 Å². The average molecular weight is 374 g/mol. The monoisotopic (exact) mass is 373 g/mol. The van der Waals surface area contributed by atoms with Gasteiger partial charge in [0.25, 0.3) is 5.91 Å². The molecule has 1 aromatic rings. The van der Waals surface area contributed by atoms with Crippen molar-refractivity contribution in [2.24, 2.45) is 0 Å². The predicted octanol–water partition coefficient (Wildman–Crippen LogP) is 1.35. The normalized spacial score (nSPS) is 27.3. The van der Waals surface area contributed by atoms with Crippen molar-refractivity contribution in [1.29, 1.82) is 0 Å². The molecule has 2 aliphatic rings. The number of aromatic nitrogens is 2. The van der Waals surface area contributed by atoms with Crippen molar-refractivity contribution in [2.75, 3.05) is 46.5 Å². The maximum Gasteiger partial charge on any atom is 0.274 e. The third-order valence-electron chi connectivity index (χ3n) is 4.96. The van der Waals surface area contributed by atoms with E-state index in [9.17, 15) is 4.79 Å². The Hall–Kier alpha value is -0.760. The Morgan fingerprint density at radius 2 is 2.21 bits per heavy atom. The molecule has 2 saturated heterocycles. The summed E-state index contributed by atoms with van der Waals surface area (Å²) in [5.74, 6) is 0.0657. The lowest BCUT2D eigenvalue weighted by Crippen LogP contribution is -2.37. The van der Waals surface area contributed by atoms with Gasteiger partial charge in [0.05, 0.1) is 6.04 Å². The Kier molecular flexibility index (Phi) is 6.98. The van der Waals surface area contributed by atoms with Crippen LogP contribution in [0.1, 0.15) is 29.4 Å². The molecule has 1 aromatic heterocycles. The number of amides is 1. The second-order valence-electron chi connectivity index (χ2n) is 6.70. The van der Waals surface area contributed by atoms with E-state index in [-0.39, 0.29) is 18.3 Å². The smallest absolute Gasteiger partial charge is 0.274 e. The fourth-order valence-electron chi connectivity index (χ4n) is 3.53. The molecule has 0 saturated carbocycles. The van der Waals surface area contributed by atoms with E-state index in [0.29, 0.717) is 23.0 Å². The van der Waals surface area contributed by atoms with Gasteiger partial charge in [0.1, 0.15) is 5.69 Å². The molecular weight excluding hydrogens is 346 g/mol. The lowest BCUT2D eigenvalue weighted by molar-refractivity contribution is 0.0776. The molecule has 24 heavy (non-hydrogen) atoms. The van der Waals surface area contributed by atoms with Gasteiger partial charge in [-0.2, -0.15) is 16.9 Å². The molecule has 0 aliphatic carbocycles. The van der Waals surface area contributed by atoms with Gasteiger partial charge >= 0.3 is 0 Å². The molecule has 3 atom stereocenters. The third kappa shape index (κ3) is 4.07. The molecule has 0 spiro atoms. The summed E-state index contributed by atoms with van der Waals surface area (Å²) in [6, 6.07) is 2.66. The number of halogens is 1. The first-order valence-electron chi connectivity index (χ1n) is 8.34. The molecule has 3 unspecified atom stereocenters. The van der Waals surface area contributed by atoms with Crippen LogP contribution in [0.4, 0.5) is 0 Å². The number of hydrogen-bond donors (Lipinski definition) is 1. The van der Waals surface area contributed by atoms with Gasteiger partial charge in [0, 0.05) is 37.1 Å². The van der Waals surface area contributed by atoms with Crippen molar-refractivity contribution in [3.63, 3.8) is 0 Å². The van der Waals surface area contributed by atoms with Crippen LogP contribution in [-0.4, -0.2) is 83.3 Å². The van der Waals surface area contributed by atoms with Crippen molar-refractivity contribution in [3.8, 4) is 0 Å². The maximum absolute atomic E-state index is 12.8. The standard InChI is InChI=1S/C16H27N5OS.ClH/c1-19(2)14-10-20(11-15(14)23-3)16(22)13-6-8-21(18-13)12-5-4-7-17-9-12;/h6,8,12,14-15,17H,4-5,7,9-11H2,1-3H3;1H. The number of nitrogens with one attached hydrogen (secondary N) is 1. The molecule has 2 aliphatic heterocycles. The number of hydrogen-bond acceptors (Lipinski definition) is 5. The molecule has 8 heteroatoms. The molecule has 3 heterocycles. The van der Waals surface area contributed by atoms with Crippen molar-refractivity contribution >= 4 is 30.1 Å². The summed E-state index contributed by atoms with van der Waals surface area (Å²) < 4.78 is 1.96. The number of carbonyl (C=O) groups excluding carboxylic acids is 1. The maximum atomic E-state index is 12.8. The van der Waals surface area contributed by atoms with Crippen LogP contribution in [0.5, 0.6) is 0 Å². The second-order valence-corrected chi connectivity index (χ2v) is 7.77. The first kappa shape index (κ1) is 19.6. The molecule has 1 N–H and O–H groups in total. The highest BCUT2D eigenvalue weighted by Gasteiger charge is 2.37. The van der Waals surface area contributed by atoms with E-state index in [1.165, 1.54) is 6.42 Å². The third-order valence-corrected chi connectivity index (χ3v) is 6.03. The Morgan fingerprint density at radius 3 is 2.79 bits per heavy atom. The van der Waals surface area contributed by atoms with Gasteiger partial charge in [-0.3, -0.25) is 9.48 Å². The first-order chi connectivity index (χ1) is 11.1. The summed E-state index contributed by atoms with van der Waals surface area (Å²) in [6.07, 6.45) is 6.37. The topological polar surface area (TPSA) is 53.4 Å². The zero-order valence-electron chi connectivity index (χ0n) is 14.6. The van der Waals surface area contributed by atoms with Gasteiger partial charge in [-0.25, -0.2) is 0 Å². The number of piperidine rings is 1. The minimum Gasteiger partial charge on any atom is -0.334 e. The lowest BCUT2D eigenvalue weighted by Gasteiger charge is -2.23. The summed E-state index contributed by atoms with van der Waals surface area (Å²) in [5.41, 5.74) is 0.579. The van der Waals surface area contributed by atoms with Gasteiger partial charge in [0.15, 0.2) is 0 Å². The van der Waals surface area contributed by atoms with Crippen LogP contribution in [0.25, 0.3) is 0 Å². The Labute approximate surface area is 154 Å². The van der Waals surface area contributed by atoms with Crippen LogP contribution in [0.3, 0.4) is 0 Å². The predicted molar refractivity (Wildman–Crippen MR) is 101 cm³/mol. The summed E-state index contributed by atoms with van der Waals surface area (Å²) in [7, 11) is 4.18. The number of likely N-dealkylation sites (tertiary alicyclic amines) is 1. The van der Waals surface area contributed by atoms with Gasteiger partial charge in [-0.15, -0.1) is 12.4 Å². The van der Waals surface area contributed by atoms with Crippen molar-refractivity contribution < 1.29 is 4.79 Å². The fourth-order valence-corrected chi connectivity index (χ4v) is 4.50. The molecule has 136 valence electrons. The van der Waals surface area contributed by atoms with E-state index in [1.54, 1.807) is 0 Å². The van der Waals surface area contributed by atoms with E-state index in [0.717, 1.165) is 32.6 Å². The molecule has 0 radical (unpaired) electrons. The van der Waals surface area contributed by atoms with Crippen LogP contribution >= 0.6 is 24.2 Å². The summed E-state index contributed by atoms with van der Waals surface area (Å²) >= 11 is 1.84. The number of thioether (sulfide) groups is 1. The Bertz CT molecular complexity index is 546. The summed E-state index contributed by atoms with van der Waals surface area (Å²) in [4.78, 5) is 17.0. The highest BCUT2D eigenvalue weighted by Crippen LogP contribution is 2.25. The van der Waals surface area contributed by atoms with E-state index < -0.39 is 0 Å². The van der Waals surface area contributed by atoms with E-state index in [1.807, 2.05) is 33.6 Å². The number of rotatable bonds is 4. The lowest BCUT2D eigenvalue weighted by atomic mass is 10.1. The number of carbonyl (C=O) groups is 1. The largest absolute Gasteiger partial charge is 0.334 e. The molecule has 3 rings (SSSR count). The molecule has 1 amide bonds. The van der Waals surface area contributed by atoms with Crippen molar-refractivity contribution in [1.82, 2.24) is 24.9 Å². The van der Waals surface area contributed by atoms with Gasteiger partial charge in [-0.1, -0.05) is 0 Å². The summed E-state index contributed by atoms with van der Waals surface area (Å²) in [6.45, 7) is 3.62. The van der Waals surface area contributed by atoms with Crippen LogP contribution in [0.2, 0.25) is 0 Å². The van der Waals surface area contributed by atoms with Gasteiger partial charge < -0.3 is 15.1 Å². The zero-order chi connectivity index (χ0) is 16.4. The zero-order valence-corrected chi connectivity index (χ0v) is 16.3. The highest BCUT2D eigenvalue weighted by molar-refractivity contribution is 7.99. The Morgan fingerprint density at radius 1 is 1.42 bits per heavy atom. The van der Waals surface area contributed by atoms with Crippen LogP contribution in [0, 0.1) is 0 Å². The van der Waals surface area contributed by atoms with E-state index in [2.05, 4.69) is 35.7 Å². The van der Waals surface area contributed by atoms with Crippen LogP contribution in [0.15, 0.2) is 12.3 Å². The highest BCUT2D eigenvalue weighted by atomic mass is 35.5. The van der Waals surface area contributed by atoms with E-state index >= 15 is 0 Å². The molecule has 0 bridgehead atoms.